The van der Waals surface area contributed by atoms with Gasteiger partial charge < -0.3 is 5.11 Å². The van der Waals surface area contributed by atoms with Crippen LogP contribution in [0.2, 0.25) is 0 Å². The molecule has 0 bridgehead atoms. The van der Waals surface area contributed by atoms with Crippen molar-refractivity contribution in [2.24, 2.45) is 17.3 Å². The third-order valence-corrected chi connectivity index (χ3v) is 5.16. The summed E-state index contributed by atoms with van der Waals surface area (Å²) in [6, 6.07) is 0. The summed E-state index contributed by atoms with van der Waals surface area (Å²) in [5, 5.41) is 10.2. The highest BCUT2D eigenvalue weighted by molar-refractivity contribution is 5.15. The highest BCUT2D eigenvalue weighted by Gasteiger charge is 2.44. The first kappa shape index (κ1) is 12.2. The van der Waals surface area contributed by atoms with Crippen LogP contribution in [0.25, 0.3) is 0 Å². The van der Waals surface area contributed by atoms with E-state index in [0.717, 1.165) is 0 Å². The number of aliphatic hydroxyl groups is 1. The highest BCUT2D eigenvalue weighted by Crippen LogP contribution is 2.53. The maximum absolute atomic E-state index is 10.2. The zero-order valence-corrected chi connectivity index (χ0v) is 11.2. The van der Waals surface area contributed by atoms with Gasteiger partial charge in [-0.1, -0.05) is 18.6 Å². The zero-order chi connectivity index (χ0) is 12.0. The molecule has 0 heterocycles. The van der Waals surface area contributed by atoms with E-state index in [1.54, 1.807) is 5.57 Å². The van der Waals surface area contributed by atoms with Gasteiger partial charge in [-0.15, -0.1) is 0 Å². The molecule has 2 unspecified atom stereocenters. The Bertz CT molecular complexity index is 297. The SMILES string of the molecule is CC1=CCC[C@]2(C)CCC(C(C)(C)O)CC12. The molecule has 1 saturated carbocycles. The molecule has 16 heavy (non-hydrogen) atoms. The molecule has 1 nitrogen and oxygen atoms in total. The molecule has 0 aromatic rings. The lowest BCUT2D eigenvalue weighted by atomic mass is 9.56. The van der Waals surface area contributed by atoms with Crippen molar-refractivity contribution >= 4 is 0 Å². The van der Waals surface area contributed by atoms with E-state index >= 15 is 0 Å². The number of rotatable bonds is 1. The van der Waals surface area contributed by atoms with Crippen LogP contribution in [-0.2, 0) is 0 Å². The first-order valence-electron chi connectivity index (χ1n) is 6.72. The number of allylic oxidation sites excluding steroid dienone is 2. The maximum atomic E-state index is 10.2. The van der Waals surface area contributed by atoms with Gasteiger partial charge in [0.15, 0.2) is 0 Å². The van der Waals surface area contributed by atoms with Crippen molar-refractivity contribution in [3.05, 3.63) is 11.6 Å². The molecule has 0 spiro atoms. The molecule has 0 aromatic carbocycles. The topological polar surface area (TPSA) is 20.2 Å². The Morgan fingerprint density at radius 1 is 1.38 bits per heavy atom. The molecule has 0 saturated heterocycles. The van der Waals surface area contributed by atoms with Gasteiger partial charge in [0.2, 0.25) is 0 Å². The van der Waals surface area contributed by atoms with Crippen molar-refractivity contribution < 1.29 is 5.11 Å². The van der Waals surface area contributed by atoms with E-state index < -0.39 is 5.60 Å². The van der Waals surface area contributed by atoms with Crippen molar-refractivity contribution in [2.45, 2.75) is 65.4 Å². The van der Waals surface area contributed by atoms with Crippen LogP contribution in [0.15, 0.2) is 11.6 Å². The quantitative estimate of drug-likeness (QED) is 0.667. The predicted molar refractivity (Wildman–Crippen MR) is 68.2 cm³/mol. The molecule has 2 aliphatic rings. The molecule has 0 aromatic heterocycles. The Morgan fingerprint density at radius 3 is 2.69 bits per heavy atom. The van der Waals surface area contributed by atoms with Crippen molar-refractivity contribution in [1.82, 2.24) is 0 Å². The Kier molecular flexibility index (Phi) is 2.94. The normalized spacial score (nSPS) is 40.2. The van der Waals surface area contributed by atoms with Crippen molar-refractivity contribution in [3.8, 4) is 0 Å². The van der Waals surface area contributed by atoms with Crippen LogP contribution < -0.4 is 0 Å². The first-order valence-corrected chi connectivity index (χ1v) is 6.72. The van der Waals surface area contributed by atoms with E-state index in [9.17, 15) is 5.11 Å². The van der Waals surface area contributed by atoms with Crippen LogP contribution in [0.3, 0.4) is 0 Å². The second-order valence-electron chi connectivity index (χ2n) is 6.82. The van der Waals surface area contributed by atoms with E-state index in [2.05, 4.69) is 19.9 Å². The summed E-state index contributed by atoms with van der Waals surface area (Å²) in [4.78, 5) is 0. The molecule has 1 fully saturated rings. The van der Waals surface area contributed by atoms with Gasteiger partial charge in [-0.25, -0.2) is 0 Å². The lowest BCUT2D eigenvalue weighted by molar-refractivity contribution is -0.0373. The number of fused-ring (bicyclic) bond motifs is 1. The monoisotopic (exact) mass is 222 g/mol. The second kappa shape index (κ2) is 3.87. The van der Waals surface area contributed by atoms with Gasteiger partial charge in [0.25, 0.3) is 0 Å². The third-order valence-electron chi connectivity index (χ3n) is 5.16. The smallest absolute Gasteiger partial charge is 0.0620 e. The zero-order valence-electron chi connectivity index (χ0n) is 11.2. The van der Waals surface area contributed by atoms with Crippen LogP contribution in [0, 0.1) is 17.3 Å². The fourth-order valence-electron chi connectivity index (χ4n) is 3.81. The maximum Gasteiger partial charge on any atom is 0.0620 e. The van der Waals surface area contributed by atoms with Crippen LogP contribution in [0.1, 0.15) is 59.8 Å². The van der Waals surface area contributed by atoms with Crippen LogP contribution in [0.5, 0.6) is 0 Å². The summed E-state index contributed by atoms with van der Waals surface area (Å²) >= 11 is 0. The minimum atomic E-state index is -0.501. The molecule has 1 heteroatoms. The van der Waals surface area contributed by atoms with E-state index in [1.165, 1.54) is 32.1 Å². The molecule has 0 amide bonds. The highest BCUT2D eigenvalue weighted by atomic mass is 16.3. The number of hydrogen-bond acceptors (Lipinski definition) is 1. The summed E-state index contributed by atoms with van der Waals surface area (Å²) in [7, 11) is 0. The lowest BCUT2D eigenvalue weighted by Crippen LogP contribution is -2.43. The average Bonchev–Trinajstić information content (AvgIpc) is 2.15. The Balaban J connectivity index is 2.18. The van der Waals surface area contributed by atoms with Crippen LogP contribution in [-0.4, -0.2) is 10.7 Å². The van der Waals surface area contributed by atoms with Crippen molar-refractivity contribution in [1.29, 1.82) is 0 Å². The summed E-state index contributed by atoms with van der Waals surface area (Å²) in [5.41, 5.74) is 1.59. The predicted octanol–water partition coefficient (Wildman–Crippen LogP) is 3.92. The first-order chi connectivity index (χ1) is 7.33. The third kappa shape index (κ3) is 2.07. The minimum Gasteiger partial charge on any atom is -0.390 e. The summed E-state index contributed by atoms with van der Waals surface area (Å²) in [6.45, 7) is 8.69. The van der Waals surface area contributed by atoms with Gasteiger partial charge in [0, 0.05) is 0 Å². The van der Waals surface area contributed by atoms with Crippen molar-refractivity contribution in [2.75, 3.05) is 0 Å². The fraction of sp³-hybridized carbons (Fsp3) is 0.867. The molecule has 2 rings (SSSR count). The minimum absolute atomic E-state index is 0.479. The van der Waals surface area contributed by atoms with Crippen LogP contribution in [0.4, 0.5) is 0 Å². The summed E-state index contributed by atoms with van der Waals surface area (Å²) in [6.07, 6.45) is 8.68. The second-order valence-corrected chi connectivity index (χ2v) is 6.82. The molecule has 0 radical (unpaired) electrons. The fourth-order valence-corrected chi connectivity index (χ4v) is 3.81. The van der Waals surface area contributed by atoms with Crippen molar-refractivity contribution in [3.63, 3.8) is 0 Å². The summed E-state index contributed by atoms with van der Waals surface area (Å²) in [5.74, 6) is 1.19. The Labute approximate surface area is 99.9 Å². The van der Waals surface area contributed by atoms with Gasteiger partial charge in [0.1, 0.15) is 0 Å². The largest absolute Gasteiger partial charge is 0.390 e. The lowest BCUT2D eigenvalue weighted by Gasteiger charge is -2.49. The molecular weight excluding hydrogens is 196 g/mol. The summed E-state index contributed by atoms with van der Waals surface area (Å²) < 4.78 is 0. The van der Waals surface area contributed by atoms with Gasteiger partial charge in [-0.05, 0) is 70.1 Å². The van der Waals surface area contributed by atoms with Gasteiger partial charge in [-0.2, -0.15) is 0 Å². The van der Waals surface area contributed by atoms with E-state index in [0.29, 0.717) is 17.3 Å². The van der Waals surface area contributed by atoms with Crippen LogP contribution >= 0.6 is 0 Å². The van der Waals surface area contributed by atoms with E-state index in [4.69, 9.17) is 0 Å². The van der Waals surface area contributed by atoms with E-state index in [1.807, 2.05) is 13.8 Å². The Hall–Kier alpha value is -0.300. The average molecular weight is 222 g/mol. The van der Waals surface area contributed by atoms with Gasteiger partial charge >= 0.3 is 0 Å². The van der Waals surface area contributed by atoms with E-state index in [-0.39, 0.29) is 0 Å². The molecule has 3 atom stereocenters. The van der Waals surface area contributed by atoms with Gasteiger partial charge in [0.05, 0.1) is 5.60 Å². The Morgan fingerprint density at radius 2 is 2.06 bits per heavy atom. The standard InChI is InChI=1S/C15H26O/c1-11-6-5-8-15(4)9-7-12(10-13(11)15)14(2,3)16/h6,12-13,16H,5,7-10H2,1-4H3/t12?,13?,15-/m1/s1. The molecular formula is C15H26O. The molecule has 1 N–H and O–H groups in total. The van der Waals surface area contributed by atoms with Gasteiger partial charge in [-0.3, -0.25) is 0 Å². The molecule has 2 aliphatic carbocycles. The molecule has 92 valence electrons. The number of hydrogen-bond donors (Lipinski definition) is 1. The molecule has 0 aliphatic heterocycles.